The van der Waals surface area contributed by atoms with Crippen molar-refractivity contribution < 1.29 is 17.9 Å². The third kappa shape index (κ3) is 2.72. The van der Waals surface area contributed by atoms with Crippen LogP contribution in [0.2, 0.25) is 5.02 Å². The second-order valence-electron chi connectivity index (χ2n) is 4.51. The van der Waals surface area contributed by atoms with Crippen LogP contribution in [0.15, 0.2) is 47.4 Å². The Balaban J connectivity index is 1.91. The maximum Gasteiger partial charge on any atom is 0.338 e. The third-order valence-corrected chi connectivity index (χ3v) is 4.71. The third-order valence-electron chi connectivity index (χ3n) is 3.06. The Morgan fingerprint density at radius 1 is 1.10 bits per heavy atom. The molecule has 0 saturated carbocycles. The van der Waals surface area contributed by atoms with Crippen molar-refractivity contribution in [1.29, 1.82) is 0 Å². The van der Waals surface area contributed by atoms with Crippen molar-refractivity contribution >= 4 is 33.3 Å². The summed E-state index contributed by atoms with van der Waals surface area (Å²) in [5.41, 5.74) is 1.43. The number of ether oxygens (including phenoxy) is 1. The van der Waals surface area contributed by atoms with Crippen LogP contribution in [0.3, 0.4) is 0 Å². The quantitative estimate of drug-likeness (QED) is 0.882. The van der Waals surface area contributed by atoms with Crippen LogP contribution in [0, 0.1) is 0 Å². The fraction of sp³-hybridized carbons (Fsp3) is 0.0714. The monoisotopic (exact) mass is 323 g/mol. The van der Waals surface area contributed by atoms with Gasteiger partial charge in [0, 0.05) is 16.3 Å². The van der Waals surface area contributed by atoms with Crippen molar-refractivity contribution in [2.75, 3.05) is 4.72 Å². The number of halogens is 1. The number of carbonyl (C=O) groups excluding carboxylic acids is 1. The average molecular weight is 324 g/mol. The lowest BCUT2D eigenvalue weighted by Crippen LogP contribution is -2.13. The van der Waals surface area contributed by atoms with Crippen LogP contribution in [0.5, 0.6) is 0 Å². The number of cyclic esters (lactones) is 1. The van der Waals surface area contributed by atoms with Crippen molar-refractivity contribution in [3.8, 4) is 0 Å². The van der Waals surface area contributed by atoms with Crippen molar-refractivity contribution in [1.82, 2.24) is 0 Å². The van der Waals surface area contributed by atoms with Crippen LogP contribution in [0.4, 0.5) is 5.69 Å². The Morgan fingerprint density at radius 3 is 2.52 bits per heavy atom. The standard InChI is InChI=1S/C14H10ClNO4S/c15-10-2-5-12(6-3-10)21(18,19)16-11-4-1-9-8-20-14(17)13(9)7-11/h1-7,16H,8H2. The number of carbonyl (C=O) groups is 1. The van der Waals surface area contributed by atoms with E-state index in [1.165, 1.54) is 30.3 Å². The summed E-state index contributed by atoms with van der Waals surface area (Å²) in [5.74, 6) is -0.447. The molecule has 0 radical (unpaired) electrons. The van der Waals surface area contributed by atoms with Gasteiger partial charge in [-0.3, -0.25) is 4.72 Å². The number of hydrogen-bond acceptors (Lipinski definition) is 4. The van der Waals surface area contributed by atoms with E-state index >= 15 is 0 Å². The van der Waals surface area contributed by atoms with Gasteiger partial charge in [-0.25, -0.2) is 13.2 Å². The first-order valence-electron chi connectivity index (χ1n) is 6.04. The van der Waals surface area contributed by atoms with Crippen LogP contribution in [-0.2, 0) is 21.4 Å². The summed E-state index contributed by atoms with van der Waals surface area (Å²) in [7, 11) is -3.73. The smallest absolute Gasteiger partial charge is 0.338 e. The molecule has 3 rings (SSSR count). The molecule has 108 valence electrons. The highest BCUT2D eigenvalue weighted by molar-refractivity contribution is 7.92. The molecule has 2 aromatic rings. The van der Waals surface area contributed by atoms with Crippen LogP contribution in [0.25, 0.3) is 0 Å². The Labute approximate surface area is 126 Å². The molecule has 0 atom stereocenters. The Bertz CT molecular complexity index is 815. The van der Waals surface area contributed by atoms with E-state index in [0.29, 0.717) is 16.3 Å². The molecule has 7 heteroatoms. The van der Waals surface area contributed by atoms with Crippen LogP contribution >= 0.6 is 11.6 Å². The van der Waals surface area contributed by atoms with Crippen LogP contribution in [0.1, 0.15) is 15.9 Å². The second kappa shape index (κ2) is 5.05. The van der Waals surface area contributed by atoms with Gasteiger partial charge in [-0.15, -0.1) is 0 Å². The minimum absolute atomic E-state index is 0.0926. The Morgan fingerprint density at radius 2 is 1.81 bits per heavy atom. The molecule has 0 aromatic heterocycles. The Hall–Kier alpha value is -2.05. The predicted molar refractivity (Wildman–Crippen MR) is 77.8 cm³/mol. The highest BCUT2D eigenvalue weighted by Crippen LogP contribution is 2.25. The zero-order valence-electron chi connectivity index (χ0n) is 10.7. The largest absolute Gasteiger partial charge is 0.457 e. The molecular weight excluding hydrogens is 314 g/mol. The average Bonchev–Trinajstić information content (AvgIpc) is 2.80. The molecule has 21 heavy (non-hydrogen) atoms. The summed E-state index contributed by atoms with van der Waals surface area (Å²) in [6.07, 6.45) is 0. The summed E-state index contributed by atoms with van der Waals surface area (Å²) < 4.78 is 31.7. The van der Waals surface area contributed by atoms with Gasteiger partial charge >= 0.3 is 5.97 Å². The highest BCUT2D eigenvalue weighted by atomic mass is 35.5. The lowest BCUT2D eigenvalue weighted by Gasteiger charge is -2.08. The second-order valence-corrected chi connectivity index (χ2v) is 6.63. The molecule has 0 aliphatic carbocycles. The summed E-state index contributed by atoms with van der Waals surface area (Å²) >= 11 is 5.74. The lowest BCUT2D eigenvalue weighted by atomic mass is 10.1. The summed E-state index contributed by atoms with van der Waals surface area (Å²) in [5, 5.41) is 0.453. The molecule has 0 unspecified atom stereocenters. The van der Waals surface area contributed by atoms with E-state index in [0.717, 1.165) is 5.56 Å². The van der Waals surface area contributed by atoms with Gasteiger partial charge in [0.1, 0.15) is 6.61 Å². The van der Waals surface area contributed by atoms with Gasteiger partial charge in [-0.05, 0) is 36.4 Å². The van der Waals surface area contributed by atoms with Gasteiger partial charge in [0.15, 0.2) is 0 Å². The van der Waals surface area contributed by atoms with Gasteiger partial charge in [0.2, 0.25) is 0 Å². The van der Waals surface area contributed by atoms with Gasteiger partial charge in [-0.1, -0.05) is 17.7 Å². The highest BCUT2D eigenvalue weighted by Gasteiger charge is 2.22. The molecule has 1 aliphatic rings. The van der Waals surface area contributed by atoms with Crippen molar-refractivity contribution in [3.63, 3.8) is 0 Å². The van der Waals surface area contributed by atoms with E-state index in [4.69, 9.17) is 16.3 Å². The fourth-order valence-electron chi connectivity index (χ4n) is 2.00. The molecule has 0 bridgehead atoms. The first-order chi connectivity index (χ1) is 9.95. The lowest BCUT2D eigenvalue weighted by molar-refractivity contribution is 0.0535. The number of benzene rings is 2. The Kier molecular flexibility index (Phi) is 3.35. The van der Waals surface area contributed by atoms with E-state index in [1.54, 1.807) is 12.1 Å². The molecule has 2 aromatic carbocycles. The van der Waals surface area contributed by atoms with Crippen LogP contribution in [-0.4, -0.2) is 14.4 Å². The molecule has 1 heterocycles. The van der Waals surface area contributed by atoms with Crippen molar-refractivity contribution in [3.05, 3.63) is 58.6 Å². The maximum absolute atomic E-state index is 12.2. The number of rotatable bonds is 3. The summed E-state index contributed by atoms with van der Waals surface area (Å²) in [4.78, 5) is 11.6. The van der Waals surface area contributed by atoms with Crippen molar-refractivity contribution in [2.45, 2.75) is 11.5 Å². The first kappa shape index (κ1) is 13.9. The van der Waals surface area contributed by atoms with Gasteiger partial charge < -0.3 is 4.74 Å². The number of hydrogen-bond donors (Lipinski definition) is 1. The summed E-state index contributed by atoms with van der Waals surface area (Å²) in [6.45, 7) is 0.221. The molecule has 0 fully saturated rings. The minimum Gasteiger partial charge on any atom is -0.457 e. The fourth-order valence-corrected chi connectivity index (χ4v) is 3.18. The number of fused-ring (bicyclic) bond motifs is 1. The SMILES string of the molecule is O=C1OCc2ccc(NS(=O)(=O)c3ccc(Cl)cc3)cc21. The number of anilines is 1. The minimum atomic E-state index is -3.73. The van der Waals surface area contributed by atoms with Gasteiger partial charge in [-0.2, -0.15) is 0 Å². The molecule has 1 N–H and O–H groups in total. The molecule has 5 nitrogen and oxygen atoms in total. The van der Waals surface area contributed by atoms with Gasteiger partial charge in [0.05, 0.1) is 10.5 Å². The number of esters is 1. The summed E-state index contributed by atoms with van der Waals surface area (Å²) in [6, 6.07) is 10.5. The normalized spacial score (nSPS) is 13.7. The van der Waals surface area contributed by atoms with E-state index in [-0.39, 0.29) is 11.5 Å². The zero-order chi connectivity index (χ0) is 15.0. The zero-order valence-corrected chi connectivity index (χ0v) is 12.2. The number of sulfonamides is 1. The predicted octanol–water partition coefficient (Wildman–Crippen LogP) is 2.81. The topological polar surface area (TPSA) is 72.5 Å². The maximum atomic E-state index is 12.2. The first-order valence-corrected chi connectivity index (χ1v) is 7.90. The van der Waals surface area contributed by atoms with E-state index < -0.39 is 16.0 Å². The molecule has 1 aliphatic heterocycles. The van der Waals surface area contributed by atoms with Crippen molar-refractivity contribution in [2.24, 2.45) is 0 Å². The van der Waals surface area contributed by atoms with Gasteiger partial charge in [0.25, 0.3) is 10.0 Å². The van der Waals surface area contributed by atoms with E-state index in [1.807, 2.05) is 0 Å². The van der Waals surface area contributed by atoms with E-state index in [9.17, 15) is 13.2 Å². The molecular formula is C14H10ClNO4S. The molecule has 0 amide bonds. The molecule has 0 saturated heterocycles. The van der Waals surface area contributed by atoms with Crippen LogP contribution < -0.4 is 4.72 Å². The number of nitrogens with one attached hydrogen (secondary N) is 1. The van der Waals surface area contributed by atoms with E-state index in [2.05, 4.69) is 4.72 Å². The molecule has 0 spiro atoms.